The number of carbonyl (C=O) groups excluding carboxylic acids is 1. The molecule has 0 aromatic carbocycles. The maximum atomic E-state index is 11.2. The van der Waals surface area contributed by atoms with Crippen LogP contribution in [-0.4, -0.2) is 66.3 Å². The fourth-order valence-corrected chi connectivity index (χ4v) is 1.75. The first-order chi connectivity index (χ1) is 7.02. The largest absolute Gasteiger partial charge is 0.394 e. The Morgan fingerprint density at radius 2 is 2.20 bits per heavy atom. The third kappa shape index (κ3) is 2.28. The van der Waals surface area contributed by atoms with Crippen LogP contribution in [0, 0.1) is 0 Å². The summed E-state index contributed by atoms with van der Waals surface area (Å²) in [4.78, 5) is 12.5. The molecule has 1 heterocycles. The lowest BCUT2D eigenvalue weighted by Crippen LogP contribution is -2.49. The van der Waals surface area contributed by atoms with Gasteiger partial charge in [0, 0.05) is 21.1 Å². The van der Waals surface area contributed by atoms with Crippen LogP contribution in [0.5, 0.6) is 0 Å². The molecule has 88 valence electrons. The van der Waals surface area contributed by atoms with Crippen LogP contribution in [0.3, 0.4) is 0 Å². The third-order valence-corrected chi connectivity index (χ3v) is 2.67. The van der Waals surface area contributed by atoms with Gasteiger partial charge in [-0.25, -0.2) is 0 Å². The van der Waals surface area contributed by atoms with Gasteiger partial charge in [-0.05, 0) is 0 Å². The normalized spacial score (nSPS) is 35.5. The SMILES string of the molecule is CO[C@H]1O[C@@H](CO)[C@H](N(C)C(C)=O)[C@H]1O. The van der Waals surface area contributed by atoms with Gasteiger partial charge in [0.15, 0.2) is 6.29 Å². The summed E-state index contributed by atoms with van der Waals surface area (Å²) in [5.41, 5.74) is 0. The minimum absolute atomic E-state index is 0.196. The Bertz CT molecular complexity index is 233. The van der Waals surface area contributed by atoms with Gasteiger partial charge in [-0.15, -0.1) is 0 Å². The molecule has 1 aliphatic rings. The van der Waals surface area contributed by atoms with Gasteiger partial charge < -0.3 is 24.6 Å². The fourth-order valence-electron chi connectivity index (χ4n) is 1.75. The van der Waals surface area contributed by atoms with E-state index < -0.39 is 24.5 Å². The minimum atomic E-state index is -0.943. The monoisotopic (exact) mass is 219 g/mol. The molecule has 0 radical (unpaired) electrons. The van der Waals surface area contributed by atoms with Crippen molar-refractivity contribution >= 4 is 5.91 Å². The second-order valence-electron chi connectivity index (χ2n) is 3.57. The number of likely N-dealkylation sites (N-methyl/N-ethyl adjacent to an activating group) is 1. The maximum absolute atomic E-state index is 11.2. The van der Waals surface area contributed by atoms with Crippen molar-refractivity contribution in [2.24, 2.45) is 0 Å². The number of methoxy groups -OCH3 is 1. The molecule has 0 bridgehead atoms. The zero-order valence-electron chi connectivity index (χ0n) is 9.08. The Labute approximate surface area is 88.4 Å². The molecular weight excluding hydrogens is 202 g/mol. The van der Waals surface area contributed by atoms with Gasteiger partial charge in [-0.1, -0.05) is 0 Å². The summed E-state index contributed by atoms with van der Waals surface area (Å²) >= 11 is 0. The molecule has 6 heteroatoms. The van der Waals surface area contributed by atoms with Crippen molar-refractivity contribution in [3.8, 4) is 0 Å². The van der Waals surface area contributed by atoms with Crippen molar-refractivity contribution in [2.45, 2.75) is 31.5 Å². The standard InChI is InChI=1S/C9H17NO5/c1-5(12)10(2)7-6(4-11)15-9(14-3)8(7)13/h6-9,11,13H,4H2,1-3H3/t6-,7-,8+,9-/m0/s1. The Morgan fingerprint density at radius 1 is 1.60 bits per heavy atom. The Balaban J connectivity index is 2.79. The van der Waals surface area contributed by atoms with E-state index in [1.165, 1.54) is 18.9 Å². The van der Waals surface area contributed by atoms with Crippen LogP contribution in [0.25, 0.3) is 0 Å². The Hall–Kier alpha value is -0.690. The lowest BCUT2D eigenvalue weighted by molar-refractivity contribution is -0.153. The van der Waals surface area contributed by atoms with Crippen LogP contribution < -0.4 is 0 Å². The topological polar surface area (TPSA) is 79.2 Å². The first-order valence-corrected chi connectivity index (χ1v) is 4.73. The molecule has 0 unspecified atom stereocenters. The number of aliphatic hydroxyl groups is 2. The van der Waals surface area contributed by atoms with Crippen molar-refractivity contribution < 1.29 is 24.5 Å². The van der Waals surface area contributed by atoms with Gasteiger partial charge in [-0.3, -0.25) is 4.79 Å². The van der Waals surface area contributed by atoms with E-state index in [0.717, 1.165) is 0 Å². The third-order valence-electron chi connectivity index (χ3n) is 2.67. The number of hydrogen-bond acceptors (Lipinski definition) is 5. The molecule has 15 heavy (non-hydrogen) atoms. The summed E-state index contributed by atoms with van der Waals surface area (Å²) in [6.45, 7) is 1.13. The van der Waals surface area contributed by atoms with Crippen LogP contribution in [-0.2, 0) is 14.3 Å². The van der Waals surface area contributed by atoms with Gasteiger partial charge in [0.05, 0.1) is 12.6 Å². The van der Waals surface area contributed by atoms with E-state index in [1.807, 2.05) is 0 Å². The van der Waals surface area contributed by atoms with E-state index in [1.54, 1.807) is 7.05 Å². The second kappa shape index (κ2) is 4.89. The van der Waals surface area contributed by atoms with Crippen molar-refractivity contribution in [1.29, 1.82) is 0 Å². The number of amides is 1. The van der Waals surface area contributed by atoms with Crippen molar-refractivity contribution in [3.63, 3.8) is 0 Å². The van der Waals surface area contributed by atoms with Crippen LogP contribution in [0.4, 0.5) is 0 Å². The van der Waals surface area contributed by atoms with Crippen LogP contribution >= 0.6 is 0 Å². The summed E-state index contributed by atoms with van der Waals surface area (Å²) in [7, 11) is 2.96. The van der Waals surface area contributed by atoms with E-state index in [-0.39, 0.29) is 12.5 Å². The highest BCUT2D eigenvalue weighted by molar-refractivity contribution is 5.73. The molecule has 2 N–H and O–H groups in total. The minimum Gasteiger partial charge on any atom is -0.394 e. The van der Waals surface area contributed by atoms with E-state index in [0.29, 0.717) is 0 Å². The van der Waals surface area contributed by atoms with Crippen molar-refractivity contribution in [3.05, 3.63) is 0 Å². The Kier molecular flexibility index (Phi) is 4.04. The van der Waals surface area contributed by atoms with Gasteiger partial charge in [-0.2, -0.15) is 0 Å². The van der Waals surface area contributed by atoms with Crippen LogP contribution in [0.1, 0.15) is 6.92 Å². The average Bonchev–Trinajstić information content (AvgIpc) is 2.53. The number of rotatable bonds is 3. The number of ether oxygens (including phenoxy) is 2. The summed E-state index contributed by atoms with van der Waals surface area (Å²) < 4.78 is 10.1. The maximum Gasteiger partial charge on any atom is 0.219 e. The van der Waals surface area contributed by atoms with Gasteiger partial charge in [0.25, 0.3) is 0 Å². The summed E-state index contributed by atoms with van der Waals surface area (Å²) in [6, 6.07) is -0.572. The predicted octanol–water partition coefficient (Wildman–Crippen LogP) is -1.44. The molecule has 1 amide bonds. The smallest absolute Gasteiger partial charge is 0.219 e. The van der Waals surface area contributed by atoms with Crippen molar-refractivity contribution in [1.82, 2.24) is 4.90 Å². The molecule has 1 fully saturated rings. The number of carbonyl (C=O) groups is 1. The lowest BCUT2D eigenvalue weighted by Gasteiger charge is -2.28. The summed E-state index contributed by atoms with van der Waals surface area (Å²) in [5.74, 6) is -0.196. The predicted molar refractivity (Wildman–Crippen MR) is 51.0 cm³/mol. The molecule has 1 saturated heterocycles. The highest BCUT2D eigenvalue weighted by Gasteiger charge is 2.46. The molecule has 6 nitrogen and oxygen atoms in total. The molecule has 1 rings (SSSR count). The number of aliphatic hydroxyl groups excluding tert-OH is 2. The summed E-state index contributed by atoms with van der Waals surface area (Å²) in [6.07, 6.45) is -2.35. The molecular formula is C9H17NO5. The quantitative estimate of drug-likeness (QED) is 0.607. The zero-order chi connectivity index (χ0) is 11.6. The molecule has 0 spiro atoms. The van der Waals surface area contributed by atoms with Gasteiger partial charge in [0.1, 0.15) is 12.2 Å². The van der Waals surface area contributed by atoms with E-state index in [4.69, 9.17) is 14.6 Å². The summed E-state index contributed by atoms with van der Waals surface area (Å²) in [5, 5.41) is 18.9. The zero-order valence-corrected chi connectivity index (χ0v) is 9.08. The average molecular weight is 219 g/mol. The molecule has 1 aliphatic heterocycles. The van der Waals surface area contributed by atoms with Crippen molar-refractivity contribution in [2.75, 3.05) is 20.8 Å². The highest BCUT2D eigenvalue weighted by Crippen LogP contribution is 2.25. The van der Waals surface area contributed by atoms with Gasteiger partial charge >= 0.3 is 0 Å². The fraction of sp³-hybridized carbons (Fsp3) is 0.889. The molecule has 0 aliphatic carbocycles. The molecule has 4 atom stereocenters. The first-order valence-electron chi connectivity index (χ1n) is 4.73. The highest BCUT2D eigenvalue weighted by atomic mass is 16.7. The lowest BCUT2D eigenvalue weighted by atomic mass is 10.1. The van der Waals surface area contributed by atoms with Gasteiger partial charge in [0.2, 0.25) is 5.91 Å². The first kappa shape index (κ1) is 12.4. The van der Waals surface area contributed by atoms with E-state index in [9.17, 15) is 9.90 Å². The van der Waals surface area contributed by atoms with Crippen LogP contribution in [0.2, 0.25) is 0 Å². The van der Waals surface area contributed by atoms with E-state index >= 15 is 0 Å². The molecule has 0 saturated carbocycles. The van der Waals surface area contributed by atoms with Crippen LogP contribution in [0.15, 0.2) is 0 Å². The number of hydrogen-bond donors (Lipinski definition) is 2. The molecule has 0 aromatic heterocycles. The Morgan fingerprint density at radius 3 is 2.60 bits per heavy atom. The van der Waals surface area contributed by atoms with E-state index in [2.05, 4.69) is 0 Å². The number of nitrogens with zero attached hydrogens (tertiary/aromatic N) is 1. The molecule has 0 aromatic rings. The second-order valence-corrected chi connectivity index (χ2v) is 3.57.